The molecule has 108 valence electrons. The number of amides is 1. The van der Waals surface area contributed by atoms with Crippen LogP contribution in [0.2, 0.25) is 0 Å². The SMILES string of the molecule is O=C1NC[C@@H](c2ccccc2)N[C@H]1Cc1ccccc1F. The molecule has 1 saturated heterocycles. The average Bonchev–Trinajstić information content (AvgIpc) is 2.52. The van der Waals surface area contributed by atoms with Gasteiger partial charge >= 0.3 is 0 Å². The summed E-state index contributed by atoms with van der Waals surface area (Å²) in [5.41, 5.74) is 1.68. The fourth-order valence-corrected chi connectivity index (χ4v) is 2.64. The lowest BCUT2D eigenvalue weighted by Crippen LogP contribution is -2.55. The number of halogens is 1. The predicted molar refractivity (Wildman–Crippen MR) is 79.2 cm³/mol. The van der Waals surface area contributed by atoms with Crippen LogP contribution in [0.3, 0.4) is 0 Å². The van der Waals surface area contributed by atoms with Crippen LogP contribution in [0.4, 0.5) is 4.39 Å². The molecule has 1 aliphatic rings. The molecule has 0 unspecified atom stereocenters. The first-order chi connectivity index (χ1) is 10.2. The molecule has 2 aromatic carbocycles. The second-order valence-corrected chi connectivity index (χ2v) is 5.22. The van der Waals surface area contributed by atoms with Gasteiger partial charge < -0.3 is 5.32 Å². The van der Waals surface area contributed by atoms with Crippen molar-refractivity contribution in [3.8, 4) is 0 Å². The first kappa shape index (κ1) is 13.8. The summed E-state index contributed by atoms with van der Waals surface area (Å²) < 4.78 is 13.7. The minimum absolute atomic E-state index is 0.0562. The van der Waals surface area contributed by atoms with E-state index in [1.807, 2.05) is 30.3 Å². The number of carbonyl (C=O) groups is 1. The van der Waals surface area contributed by atoms with Crippen LogP contribution in [-0.4, -0.2) is 18.5 Å². The van der Waals surface area contributed by atoms with Gasteiger partial charge in [-0.05, 0) is 23.6 Å². The number of hydrogen-bond acceptors (Lipinski definition) is 2. The zero-order valence-corrected chi connectivity index (χ0v) is 11.6. The van der Waals surface area contributed by atoms with E-state index in [0.717, 1.165) is 5.56 Å². The monoisotopic (exact) mass is 284 g/mol. The second kappa shape index (κ2) is 6.06. The third-order valence-electron chi connectivity index (χ3n) is 3.78. The summed E-state index contributed by atoms with van der Waals surface area (Å²) in [7, 11) is 0. The summed E-state index contributed by atoms with van der Waals surface area (Å²) in [5.74, 6) is -0.348. The van der Waals surface area contributed by atoms with Gasteiger partial charge in [-0.15, -0.1) is 0 Å². The molecule has 0 saturated carbocycles. The molecule has 1 fully saturated rings. The van der Waals surface area contributed by atoms with Gasteiger partial charge in [0.2, 0.25) is 5.91 Å². The van der Waals surface area contributed by atoms with E-state index in [0.29, 0.717) is 18.5 Å². The van der Waals surface area contributed by atoms with E-state index in [1.54, 1.807) is 18.2 Å². The highest BCUT2D eigenvalue weighted by Gasteiger charge is 2.28. The van der Waals surface area contributed by atoms with Gasteiger partial charge in [-0.25, -0.2) is 4.39 Å². The maximum absolute atomic E-state index is 13.7. The average molecular weight is 284 g/mol. The van der Waals surface area contributed by atoms with Crippen LogP contribution in [0.15, 0.2) is 54.6 Å². The highest BCUT2D eigenvalue weighted by molar-refractivity contribution is 5.83. The molecule has 0 aliphatic carbocycles. The Kier molecular flexibility index (Phi) is 3.97. The lowest BCUT2D eigenvalue weighted by atomic mass is 9.98. The summed E-state index contributed by atoms with van der Waals surface area (Å²) in [4.78, 5) is 12.0. The normalized spacial score (nSPS) is 21.9. The summed E-state index contributed by atoms with van der Waals surface area (Å²) >= 11 is 0. The molecule has 2 N–H and O–H groups in total. The fourth-order valence-electron chi connectivity index (χ4n) is 2.64. The standard InChI is InChI=1S/C17H17FN2O/c18-14-9-5-4-8-13(14)10-15-17(21)19-11-16(20-15)12-6-2-1-3-7-12/h1-9,15-16,20H,10-11H2,(H,19,21)/t15-,16-/m0/s1. The van der Waals surface area contributed by atoms with Gasteiger partial charge in [0.25, 0.3) is 0 Å². The van der Waals surface area contributed by atoms with E-state index in [1.165, 1.54) is 6.07 Å². The smallest absolute Gasteiger partial charge is 0.237 e. The van der Waals surface area contributed by atoms with E-state index in [2.05, 4.69) is 10.6 Å². The van der Waals surface area contributed by atoms with Crippen LogP contribution in [0, 0.1) is 5.82 Å². The number of carbonyl (C=O) groups excluding carboxylic acids is 1. The van der Waals surface area contributed by atoms with Crippen molar-refractivity contribution in [1.29, 1.82) is 0 Å². The molecule has 0 spiro atoms. The quantitative estimate of drug-likeness (QED) is 0.907. The molecule has 1 amide bonds. The van der Waals surface area contributed by atoms with Gasteiger partial charge in [-0.3, -0.25) is 10.1 Å². The molecule has 1 heterocycles. The van der Waals surface area contributed by atoms with Gasteiger partial charge in [-0.2, -0.15) is 0 Å². The molecule has 1 aliphatic heterocycles. The molecule has 0 aromatic heterocycles. The van der Waals surface area contributed by atoms with Crippen molar-refractivity contribution in [2.75, 3.05) is 6.54 Å². The van der Waals surface area contributed by atoms with Crippen LogP contribution >= 0.6 is 0 Å². The summed E-state index contributed by atoms with van der Waals surface area (Å²) in [6, 6.07) is 16.2. The van der Waals surface area contributed by atoms with Crippen molar-refractivity contribution >= 4 is 5.91 Å². The Morgan fingerprint density at radius 1 is 1.05 bits per heavy atom. The Bertz CT molecular complexity index is 630. The molecule has 3 nitrogen and oxygen atoms in total. The van der Waals surface area contributed by atoms with Gasteiger partial charge in [0.05, 0.1) is 12.1 Å². The zero-order valence-electron chi connectivity index (χ0n) is 11.6. The van der Waals surface area contributed by atoms with Crippen LogP contribution in [-0.2, 0) is 11.2 Å². The zero-order chi connectivity index (χ0) is 14.7. The van der Waals surface area contributed by atoms with Crippen molar-refractivity contribution in [2.45, 2.75) is 18.5 Å². The molecule has 0 radical (unpaired) electrons. The third kappa shape index (κ3) is 3.11. The van der Waals surface area contributed by atoms with Crippen molar-refractivity contribution in [1.82, 2.24) is 10.6 Å². The maximum atomic E-state index is 13.7. The topological polar surface area (TPSA) is 41.1 Å². The van der Waals surface area contributed by atoms with Crippen LogP contribution in [0.1, 0.15) is 17.2 Å². The van der Waals surface area contributed by atoms with Gasteiger partial charge in [0, 0.05) is 6.54 Å². The van der Waals surface area contributed by atoms with Crippen LogP contribution < -0.4 is 10.6 Å². The van der Waals surface area contributed by atoms with Crippen molar-refractivity contribution < 1.29 is 9.18 Å². The predicted octanol–water partition coefficient (Wildman–Crippen LogP) is 2.20. The second-order valence-electron chi connectivity index (χ2n) is 5.22. The number of nitrogens with one attached hydrogen (secondary N) is 2. The highest BCUT2D eigenvalue weighted by Crippen LogP contribution is 2.18. The molecule has 21 heavy (non-hydrogen) atoms. The minimum Gasteiger partial charge on any atom is -0.353 e. The lowest BCUT2D eigenvalue weighted by molar-refractivity contribution is -0.125. The van der Waals surface area contributed by atoms with Crippen molar-refractivity contribution in [3.63, 3.8) is 0 Å². The van der Waals surface area contributed by atoms with Gasteiger partial charge in [-0.1, -0.05) is 48.5 Å². The number of benzene rings is 2. The Labute approximate surface area is 123 Å². The first-order valence-electron chi connectivity index (χ1n) is 7.06. The molecule has 2 atom stereocenters. The largest absolute Gasteiger partial charge is 0.353 e. The maximum Gasteiger partial charge on any atom is 0.237 e. The van der Waals surface area contributed by atoms with Gasteiger partial charge in [0.15, 0.2) is 0 Å². The number of hydrogen-bond donors (Lipinski definition) is 2. The third-order valence-corrected chi connectivity index (χ3v) is 3.78. The van der Waals surface area contributed by atoms with E-state index in [4.69, 9.17) is 0 Å². The fraction of sp³-hybridized carbons (Fsp3) is 0.235. The van der Waals surface area contributed by atoms with Gasteiger partial charge in [0.1, 0.15) is 5.82 Å². The molecular weight excluding hydrogens is 267 g/mol. The number of rotatable bonds is 3. The Morgan fingerprint density at radius 3 is 2.52 bits per heavy atom. The highest BCUT2D eigenvalue weighted by atomic mass is 19.1. The summed E-state index contributed by atoms with van der Waals surface area (Å²) in [6.45, 7) is 0.552. The Hall–Kier alpha value is -2.20. The van der Waals surface area contributed by atoms with E-state index in [-0.39, 0.29) is 17.8 Å². The summed E-state index contributed by atoms with van der Waals surface area (Å²) in [6.07, 6.45) is 0.349. The van der Waals surface area contributed by atoms with Crippen molar-refractivity contribution in [3.05, 3.63) is 71.5 Å². The number of piperazine rings is 1. The molecule has 2 aromatic rings. The minimum atomic E-state index is -0.416. The molecule has 3 rings (SSSR count). The molecular formula is C17H17FN2O. The van der Waals surface area contributed by atoms with E-state index in [9.17, 15) is 9.18 Å². The lowest BCUT2D eigenvalue weighted by Gasteiger charge is -2.31. The Balaban J connectivity index is 1.75. The first-order valence-corrected chi connectivity index (χ1v) is 7.06. The molecule has 0 bridgehead atoms. The Morgan fingerprint density at radius 2 is 1.76 bits per heavy atom. The van der Waals surface area contributed by atoms with Crippen LogP contribution in [0.5, 0.6) is 0 Å². The summed E-state index contributed by atoms with van der Waals surface area (Å²) in [5, 5.41) is 6.21. The van der Waals surface area contributed by atoms with E-state index >= 15 is 0 Å². The molecule has 4 heteroatoms. The van der Waals surface area contributed by atoms with Crippen molar-refractivity contribution in [2.24, 2.45) is 0 Å². The van der Waals surface area contributed by atoms with Crippen LogP contribution in [0.25, 0.3) is 0 Å². The van der Waals surface area contributed by atoms with E-state index < -0.39 is 6.04 Å².